The number of nitrogens with zero attached hydrogens (tertiary/aromatic N) is 4. The van der Waals surface area contributed by atoms with Crippen molar-refractivity contribution in [3.05, 3.63) is 18.5 Å². The predicted molar refractivity (Wildman–Crippen MR) is 109 cm³/mol. The number of hydrogen-bond donors (Lipinski definition) is 2. The second-order valence-corrected chi connectivity index (χ2v) is 8.85. The maximum Gasteiger partial charge on any atom is 0.410 e. The molecular weight excluding hydrogens is 426 g/mol. The van der Waals surface area contributed by atoms with E-state index < -0.39 is 12.2 Å². The summed E-state index contributed by atoms with van der Waals surface area (Å²) in [5.74, 6) is 0.738. The number of halogens is 2. The number of alkyl halides is 2. The van der Waals surface area contributed by atoms with Gasteiger partial charge in [0.1, 0.15) is 11.7 Å². The van der Waals surface area contributed by atoms with Gasteiger partial charge in [-0.1, -0.05) is 0 Å². The first-order valence-corrected chi connectivity index (χ1v) is 10.4. The average Bonchev–Trinajstić information content (AvgIpc) is 3.22. The van der Waals surface area contributed by atoms with Crippen molar-refractivity contribution >= 4 is 17.7 Å². The molecule has 2 aromatic rings. The van der Waals surface area contributed by atoms with Gasteiger partial charge in [-0.2, -0.15) is 18.9 Å². The molecule has 2 bridgehead atoms. The lowest BCUT2D eigenvalue weighted by molar-refractivity contribution is -0.0528. The number of anilines is 2. The highest BCUT2D eigenvalue weighted by molar-refractivity contribution is 5.69. The van der Waals surface area contributed by atoms with Gasteiger partial charge < -0.3 is 24.4 Å². The lowest BCUT2D eigenvalue weighted by Crippen LogP contribution is -2.50. The number of hydrogen-bond acceptors (Lipinski definition) is 8. The average molecular weight is 452 g/mol. The molecule has 174 valence electrons. The number of aromatic nitrogens is 4. The number of H-pyrrole nitrogens is 1. The summed E-state index contributed by atoms with van der Waals surface area (Å²) >= 11 is 0. The van der Waals surface area contributed by atoms with E-state index in [0.717, 1.165) is 12.8 Å². The molecule has 4 rings (SSSR count). The largest absolute Gasteiger partial charge is 0.473 e. The van der Waals surface area contributed by atoms with Crippen LogP contribution in [-0.2, 0) is 4.74 Å². The Hall–Kier alpha value is -3.18. The summed E-state index contributed by atoms with van der Waals surface area (Å²) in [7, 11) is 0. The highest BCUT2D eigenvalue weighted by Gasteiger charge is 2.45. The number of rotatable bonds is 6. The molecule has 0 spiro atoms. The van der Waals surface area contributed by atoms with E-state index in [2.05, 4.69) is 30.2 Å². The Bertz CT molecular complexity index is 936. The fourth-order valence-corrected chi connectivity index (χ4v) is 4.13. The molecule has 2 aliphatic heterocycles. The van der Waals surface area contributed by atoms with Gasteiger partial charge >= 0.3 is 12.7 Å². The Morgan fingerprint density at radius 3 is 2.59 bits per heavy atom. The third kappa shape index (κ3) is 5.35. The van der Waals surface area contributed by atoms with Crippen LogP contribution in [0.1, 0.15) is 46.5 Å². The summed E-state index contributed by atoms with van der Waals surface area (Å²) in [6.45, 7) is 2.63. The zero-order valence-corrected chi connectivity index (χ0v) is 18.0. The first-order chi connectivity index (χ1) is 15.2. The minimum Gasteiger partial charge on any atom is -0.473 e. The number of piperidine rings is 1. The van der Waals surface area contributed by atoms with Gasteiger partial charge in [-0.3, -0.25) is 4.98 Å². The normalized spacial score (nSPS) is 22.7. The van der Waals surface area contributed by atoms with E-state index in [4.69, 9.17) is 9.47 Å². The highest BCUT2D eigenvalue weighted by Crippen LogP contribution is 2.38. The van der Waals surface area contributed by atoms with E-state index in [1.54, 1.807) is 0 Å². The lowest BCUT2D eigenvalue weighted by atomic mass is 10.0. The van der Waals surface area contributed by atoms with E-state index in [0.29, 0.717) is 24.5 Å². The van der Waals surface area contributed by atoms with Gasteiger partial charge in [-0.15, -0.1) is 0 Å². The third-order valence-electron chi connectivity index (χ3n) is 5.22. The standard InChI is InChI=1S/C20H26F2N6O4/c1-20(2,3)32-19(29)28-11-4-5-12(28)7-13(6-11)30-17-10-23-9-15(25-17)24-14-8-16(27-26-14)31-18(21)22/h8-13,18H,4-7H2,1-3H3,(H2,24,25,26,27). The molecule has 2 unspecified atom stereocenters. The van der Waals surface area contributed by atoms with Gasteiger partial charge in [-0.25, -0.2) is 9.89 Å². The molecule has 0 aliphatic carbocycles. The van der Waals surface area contributed by atoms with Gasteiger partial charge in [0.15, 0.2) is 11.6 Å². The Morgan fingerprint density at radius 1 is 1.22 bits per heavy atom. The van der Waals surface area contributed by atoms with Gasteiger partial charge in [-0.05, 0) is 33.6 Å². The fourth-order valence-electron chi connectivity index (χ4n) is 4.13. The molecule has 0 aromatic carbocycles. The van der Waals surface area contributed by atoms with Crippen LogP contribution in [0.25, 0.3) is 0 Å². The van der Waals surface area contributed by atoms with Gasteiger partial charge in [0, 0.05) is 31.0 Å². The Morgan fingerprint density at radius 2 is 1.94 bits per heavy atom. The molecule has 0 saturated carbocycles. The predicted octanol–water partition coefficient (Wildman–Crippen LogP) is 3.85. The van der Waals surface area contributed by atoms with Crippen molar-refractivity contribution in [2.75, 3.05) is 5.32 Å². The summed E-state index contributed by atoms with van der Waals surface area (Å²) in [5, 5.41) is 9.04. The van der Waals surface area contributed by atoms with Crippen molar-refractivity contribution in [1.29, 1.82) is 0 Å². The molecule has 1 amide bonds. The van der Waals surface area contributed by atoms with Gasteiger partial charge in [0.2, 0.25) is 11.8 Å². The number of aromatic amines is 1. The van der Waals surface area contributed by atoms with Crippen molar-refractivity contribution in [2.45, 2.75) is 76.9 Å². The second-order valence-electron chi connectivity index (χ2n) is 8.85. The van der Waals surface area contributed by atoms with Crippen molar-refractivity contribution in [3.63, 3.8) is 0 Å². The Labute approximate surface area is 183 Å². The number of carbonyl (C=O) groups excluding carboxylic acids is 1. The topological polar surface area (TPSA) is 114 Å². The summed E-state index contributed by atoms with van der Waals surface area (Å²) in [5.41, 5.74) is -0.534. The number of amides is 1. The SMILES string of the molecule is CC(C)(C)OC(=O)N1C2CCC1CC(Oc1cncc(Nc3cc(OC(F)F)[nH]n3)n1)C2. The maximum absolute atomic E-state index is 12.6. The summed E-state index contributed by atoms with van der Waals surface area (Å²) in [6.07, 6.45) is 5.78. The number of ether oxygens (including phenoxy) is 3. The van der Waals surface area contributed by atoms with Crippen LogP contribution in [0.5, 0.6) is 11.8 Å². The molecular formula is C20H26F2N6O4. The van der Waals surface area contributed by atoms with Crippen molar-refractivity contribution in [1.82, 2.24) is 25.1 Å². The second kappa shape index (κ2) is 8.75. The lowest BCUT2D eigenvalue weighted by Gasteiger charge is -2.39. The fraction of sp³-hybridized carbons (Fsp3) is 0.600. The van der Waals surface area contributed by atoms with E-state index in [9.17, 15) is 13.6 Å². The smallest absolute Gasteiger partial charge is 0.410 e. The van der Waals surface area contributed by atoms with E-state index >= 15 is 0 Å². The van der Waals surface area contributed by atoms with Crippen LogP contribution in [0.15, 0.2) is 18.5 Å². The molecule has 2 aliphatic rings. The number of nitrogens with one attached hydrogen (secondary N) is 2. The minimum atomic E-state index is -2.95. The molecule has 2 fully saturated rings. The number of carbonyl (C=O) groups is 1. The first kappa shape index (κ1) is 22.0. The number of fused-ring (bicyclic) bond motifs is 2. The van der Waals surface area contributed by atoms with Crippen LogP contribution < -0.4 is 14.8 Å². The zero-order valence-electron chi connectivity index (χ0n) is 18.0. The Balaban J connectivity index is 1.36. The Kier molecular flexibility index (Phi) is 6.02. The quantitative estimate of drug-likeness (QED) is 0.679. The molecule has 10 nitrogen and oxygen atoms in total. The van der Waals surface area contributed by atoms with Crippen LogP contribution in [-0.4, -0.2) is 61.6 Å². The summed E-state index contributed by atoms with van der Waals surface area (Å²) in [6, 6.07) is 1.42. The molecule has 32 heavy (non-hydrogen) atoms. The summed E-state index contributed by atoms with van der Waals surface area (Å²) < 4.78 is 40.4. The molecule has 12 heteroatoms. The van der Waals surface area contributed by atoms with Crippen LogP contribution in [0.4, 0.5) is 25.2 Å². The molecule has 0 radical (unpaired) electrons. The van der Waals surface area contributed by atoms with Crippen molar-refractivity contribution in [2.24, 2.45) is 0 Å². The maximum atomic E-state index is 12.6. The minimum absolute atomic E-state index is 0.0696. The van der Waals surface area contributed by atoms with Gasteiger partial charge in [0.05, 0.1) is 12.4 Å². The van der Waals surface area contributed by atoms with Crippen molar-refractivity contribution < 1.29 is 27.8 Å². The van der Waals surface area contributed by atoms with Crippen LogP contribution in [0.3, 0.4) is 0 Å². The van der Waals surface area contributed by atoms with E-state index in [-0.39, 0.29) is 36.0 Å². The first-order valence-electron chi connectivity index (χ1n) is 10.4. The summed E-state index contributed by atoms with van der Waals surface area (Å²) in [4.78, 5) is 22.9. The van der Waals surface area contributed by atoms with Crippen LogP contribution in [0.2, 0.25) is 0 Å². The molecule has 2 aromatic heterocycles. The monoisotopic (exact) mass is 452 g/mol. The molecule has 4 heterocycles. The molecule has 2 N–H and O–H groups in total. The van der Waals surface area contributed by atoms with E-state index in [1.165, 1.54) is 18.5 Å². The third-order valence-corrected chi connectivity index (χ3v) is 5.22. The van der Waals surface area contributed by atoms with Crippen molar-refractivity contribution in [3.8, 4) is 11.8 Å². The molecule has 2 saturated heterocycles. The van der Waals surface area contributed by atoms with Crippen LogP contribution in [0, 0.1) is 0 Å². The molecule has 2 atom stereocenters. The zero-order chi connectivity index (χ0) is 22.9. The van der Waals surface area contributed by atoms with E-state index in [1.807, 2.05) is 25.7 Å². The van der Waals surface area contributed by atoms with Gasteiger partial charge in [0.25, 0.3) is 0 Å². The highest BCUT2D eigenvalue weighted by atomic mass is 19.3. The van der Waals surface area contributed by atoms with Crippen LogP contribution >= 0.6 is 0 Å².